The van der Waals surface area contributed by atoms with Crippen LogP contribution in [0.5, 0.6) is 0 Å². The molecule has 1 saturated heterocycles. The molecular formula is C16H21N3O4S. The van der Waals surface area contributed by atoms with E-state index in [4.69, 9.17) is 9.47 Å². The van der Waals surface area contributed by atoms with Crippen LogP contribution >= 0.6 is 0 Å². The maximum Gasteiger partial charge on any atom is 0.252 e. The van der Waals surface area contributed by atoms with Gasteiger partial charge in [0.15, 0.2) is 6.29 Å². The topological polar surface area (TPSA) is 83.3 Å². The van der Waals surface area contributed by atoms with Crippen molar-refractivity contribution in [3.8, 4) is 0 Å². The summed E-state index contributed by atoms with van der Waals surface area (Å²) >= 11 is 0. The van der Waals surface area contributed by atoms with Crippen LogP contribution in [0, 0.1) is 0 Å². The van der Waals surface area contributed by atoms with Gasteiger partial charge in [-0.05, 0) is 31.7 Å². The third kappa shape index (κ3) is 4.06. The van der Waals surface area contributed by atoms with Gasteiger partial charge in [0.25, 0.3) is 5.56 Å². The Morgan fingerprint density at radius 1 is 1.42 bits per heavy atom. The monoisotopic (exact) mass is 351 g/mol. The third-order valence-corrected chi connectivity index (χ3v) is 4.64. The predicted octanol–water partition coefficient (Wildman–Crippen LogP) is 1.46. The van der Waals surface area contributed by atoms with Crippen LogP contribution in [0.1, 0.15) is 25.7 Å². The molecule has 2 aromatic rings. The minimum atomic E-state index is -1.29. The van der Waals surface area contributed by atoms with Gasteiger partial charge in [-0.3, -0.25) is 13.6 Å². The van der Waals surface area contributed by atoms with Crippen molar-refractivity contribution in [2.75, 3.05) is 19.5 Å². The molecule has 130 valence electrons. The molecule has 0 aliphatic carbocycles. The number of rotatable bonds is 6. The maximum atomic E-state index is 12.2. The van der Waals surface area contributed by atoms with Gasteiger partial charge in [0, 0.05) is 37.1 Å². The Morgan fingerprint density at radius 2 is 2.29 bits per heavy atom. The molecule has 8 heteroatoms. The van der Waals surface area contributed by atoms with Crippen molar-refractivity contribution in [1.29, 1.82) is 0 Å². The van der Waals surface area contributed by atoms with E-state index in [1.54, 1.807) is 16.8 Å². The first-order chi connectivity index (χ1) is 11.6. The SMILES string of the molecule is CS(=O)c1ncc2ccc(=O)n(CCCOC3CCCCO3)c2n1. The van der Waals surface area contributed by atoms with E-state index in [9.17, 15) is 9.00 Å². The normalized spacial score (nSPS) is 19.5. The van der Waals surface area contributed by atoms with E-state index in [1.165, 1.54) is 12.3 Å². The summed E-state index contributed by atoms with van der Waals surface area (Å²) in [6, 6.07) is 3.18. The molecule has 24 heavy (non-hydrogen) atoms. The zero-order chi connectivity index (χ0) is 16.9. The lowest BCUT2D eigenvalue weighted by molar-refractivity contribution is -0.163. The molecule has 3 rings (SSSR count). The van der Waals surface area contributed by atoms with E-state index in [2.05, 4.69) is 9.97 Å². The highest BCUT2D eigenvalue weighted by Gasteiger charge is 2.14. The second kappa shape index (κ2) is 7.96. The van der Waals surface area contributed by atoms with Crippen LogP contribution in [0.4, 0.5) is 0 Å². The minimum absolute atomic E-state index is 0.126. The van der Waals surface area contributed by atoms with Crippen molar-refractivity contribution >= 4 is 21.8 Å². The summed E-state index contributed by atoms with van der Waals surface area (Å²) in [4.78, 5) is 20.5. The molecule has 1 aliphatic heterocycles. The first-order valence-electron chi connectivity index (χ1n) is 8.08. The van der Waals surface area contributed by atoms with E-state index in [-0.39, 0.29) is 17.0 Å². The number of nitrogens with zero attached hydrogens (tertiary/aromatic N) is 3. The zero-order valence-electron chi connectivity index (χ0n) is 13.6. The van der Waals surface area contributed by atoms with Crippen LogP contribution in [0.25, 0.3) is 11.0 Å². The van der Waals surface area contributed by atoms with Crippen molar-refractivity contribution in [3.05, 3.63) is 28.7 Å². The van der Waals surface area contributed by atoms with Crippen molar-refractivity contribution in [2.45, 2.75) is 43.7 Å². The van der Waals surface area contributed by atoms with Crippen LogP contribution in [-0.4, -0.2) is 44.5 Å². The second-order valence-electron chi connectivity index (χ2n) is 5.73. The summed E-state index contributed by atoms with van der Waals surface area (Å²) in [5, 5.41) is 0.981. The number of hydrogen-bond acceptors (Lipinski definition) is 6. The van der Waals surface area contributed by atoms with Crippen LogP contribution in [0.3, 0.4) is 0 Å². The Bertz CT molecular complexity index is 786. The van der Waals surface area contributed by atoms with Crippen LogP contribution in [0.15, 0.2) is 28.3 Å². The number of aryl methyl sites for hydroxylation is 1. The molecule has 0 amide bonds. The summed E-state index contributed by atoms with van der Waals surface area (Å²) < 4.78 is 24.4. The van der Waals surface area contributed by atoms with Crippen molar-refractivity contribution in [1.82, 2.24) is 14.5 Å². The molecule has 0 spiro atoms. The lowest BCUT2D eigenvalue weighted by Crippen LogP contribution is -2.24. The van der Waals surface area contributed by atoms with Crippen LogP contribution in [0.2, 0.25) is 0 Å². The standard InChI is InChI=1S/C16H21N3O4S/c1-24(21)16-17-11-12-6-7-13(20)19(15(12)18-16)8-4-10-23-14-5-2-3-9-22-14/h6-7,11,14H,2-5,8-10H2,1H3. The molecule has 7 nitrogen and oxygen atoms in total. The lowest BCUT2D eigenvalue weighted by Gasteiger charge is -2.22. The average Bonchev–Trinajstić information content (AvgIpc) is 2.60. The maximum absolute atomic E-state index is 12.2. The fourth-order valence-corrected chi connectivity index (χ4v) is 3.11. The summed E-state index contributed by atoms with van der Waals surface area (Å²) in [5.41, 5.74) is 0.375. The van der Waals surface area contributed by atoms with Gasteiger partial charge >= 0.3 is 0 Å². The predicted molar refractivity (Wildman–Crippen MR) is 90.3 cm³/mol. The van der Waals surface area contributed by atoms with Crippen molar-refractivity contribution < 1.29 is 13.7 Å². The van der Waals surface area contributed by atoms with Gasteiger partial charge in [0.2, 0.25) is 5.16 Å². The highest BCUT2D eigenvalue weighted by molar-refractivity contribution is 7.84. The zero-order valence-corrected chi connectivity index (χ0v) is 14.5. The smallest absolute Gasteiger partial charge is 0.252 e. The molecular weight excluding hydrogens is 330 g/mol. The highest BCUT2D eigenvalue weighted by Crippen LogP contribution is 2.14. The molecule has 1 aliphatic rings. The molecule has 2 atom stereocenters. The first kappa shape index (κ1) is 17.2. The fraction of sp³-hybridized carbons (Fsp3) is 0.562. The largest absolute Gasteiger partial charge is 0.353 e. The van der Waals surface area contributed by atoms with Crippen molar-refractivity contribution in [3.63, 3.8) is 0 Å². The molecule has 2 aromatic heterocycles. The van der Waals surface area contributed by atoms with E-state index in [0.717, 1.165) is 31.3 Å². The average molecular weight is 351 g/mol. The van der Waals surface area contributed by atoms with Crippen molar-refractivity contribution in [2.24, 2.45) is 0 Å². The first-order valence-corrected chi connectivity index (χ1v) is 9.64. The van der Waals surface area contributed by atoms with Crippen LogP contribution < -0.4 is 5.56 Å². The van der Waals surface area contributed by atoms with Gasteiger partial charge in [-0.1, -0.05) is 0 Å². The Hall–Kier alpha value is -1.64. The summed E-state index contributed by atoms with van der Waals surface area (Å²) in [6.45, 7) is 1.75. The quantitative estimate of drug-likeness (QED) is 0.579. The number of fused-ring (bicyclic) bond motifs is 1. The Morgan fingerprint density at radius 3 is 3.04 bits per heavy atom. The van der Waals surface area contributed by atoms with Gasteiger partial charge in [0.05, 0.1) is 17.4 Å². The Kier molecular flexibility index (Phi) is 5.70. The third-order valence-electron chi connectivity index (χ3n) is 3.93. The molecule has 0 radical (unpaired) electrons. The minimum Gasteiger partial charge on any atom is -0.353 e. The second-order valence-corrected chi connectivity index (χ2v) is 7.00. The van der Waals surface area contributed by atoms with Gasteiger partial charge in [-0.2, -0.15) is 0 Å². The molecule has 3 heterocycles. The van der Waals surface area contributed by atoms with E-state index in [0.29, 0.717) is 25.2 Å². The molecule has 0 saturated carbocycles. The summed E-state index contributed by atoms with van der Waals surface area (Å²) in [6.07, 6.45) is 6.80. The summed E-state index contributed by atoms with van der Waals surface area (Å²) in [7, 11) is -1.29. The number of ether oxygens (including phenoxy) is 2. The molecule has 0 bridgehead atoms. The number of hydrogen-bond donors (Lipinski definition) is 0. The fourth-order valence-electron chi connectivity index (χ4n) is 2.69. The lowest BCUT2D eigenvalue weighted by atomic mass is 10.2. The van der Waals surface area contributed by atoms with Gasteiger partial charge in [-0.15, -0.1) is 0 Å². The molecule has 0 N–H and O–H groups in total. The van der Waals surface area contributed by atoms with E-state index in [1.807, 2.05) is 0 Å². The Labute approximate surface area is 142 Å². The van der Waals surface area contributed by atoms with Gasteiger partial charge in [-0.25, -0.2) is 9.97 Å². The highest BCUT2D eigenvalue weighted by atomic mass is 32.2. The molecule has 0 aromatic carbocycles. The van der Waals surface area contributed by atoms with Crippen LogP contribution in [-0.2, 0) is 26.8 Å². The Balaban J connectivity index is 1.70. The number of aromatic nitrogens is 3. The van der Waals surface area contributed by atoms with E-state index >= 15 is 0 Å². The number of pyridine rings is 1. The van der Waals surface area contributed by atoms with Gasteiger partial charge < -0.3 is 9.47 Å². The van der Waals surface area contributed by atoms with E-state index < -0.39 is 10.8 Å². The molecule has 2 unspecified atom stereocenters. The summed E-state index contributed by atoms with van der Waals surface area (Å²) in [5.74, 6) is 0. The van der Waals surface area contributed by atoms with Gasteiger partial charge in [0.1, 0.15) is 5.65 Å². The molecule has 1 fully saturated rings.